The summed E-state index contributed by atoms with van der Waals surface area (Å²) >= 11 is 0. The number of ether oxygens (including phenoxy) is 4. The van der Waals surface area contributed by atoms with Crippen LogP contribution in [0.4, 0.5) is 15.8 Å². The van der Waals surface area contributed by atoms with Crippen molar-refractivity contribution in [1.29, 1.82) is 0 Å². The predicted octanol–water partition coefficient (Wildman–Crippen LogP) is 5.15. The summed E-state index contributed by atoms with van der Waals surface area (Å²) < 4.78 is 37.4. The molecular formula is C28H39FN2O4. The highest BCUT2D eigenvalue weighted by atomic mass is 19.1. The number of methoxy groups -OCH3 is 1. The zero-order chi connectivity index (χ0) is 24.6. The third-order valence-electron chi connectivity index (χ3n) is 6.88. The van der Waals surface area contributed by atoms with Crippen molar-refractivity contribution in [2.45, 2.75) is 45.3 Å². The fourth-order valence-electron chi connectivity index (χ4n) is 4.94. The topological polar surface area (TPSA) is 43.4 Å². The van der Waals surface area contributed by atoms with Gasteiger partial charge in [-0.1, -0.05) is 6.92 Å². The molecule has 4 rings (SSSR count). The van der Waals surface area contributed by atoms with Crippen molar-refractivity contribution in [3.8, 4) is 11.5 Å². The van der Waals surface area contributed by atoms with Gasteiger partial charge in [-0.25, -0.2) is 4.39 Å². The van der Waals surface area contributed by atoms with Gasteiger partial charge in [-0.05, 0) is 49.7 Å². The molecule has 2 aromatic rings. The van der Waals surface area contributed by atoms with Gasteiger partial charge in [0.1, 0.15) is 23.4 Å². The van der Waals surface area contributed by atoms with Gasteiger partial charge in [0.2, 0.25) is 0 Å². The Bertz CT molecular complexity index is 918. The molecule has 0 N–H and O–H groups in total. The number of hydrogen-bond acceptors (Lipinski definition) is 6. The molecule has 1 unspecified atom stereocenters. The van der Waals surface area contributed by atoms with E-state index in [0.717, 1.165) is 64.4 Å². The molecule has 0 aliphatic carbocycles. The van der Waals surface area contributed by atoms with Crippen molar-refractivity contribution in [3.63, 3.8) is 0 Å². The standard InChI is InChI=1S/C28H39FN2O4/c1-4-33-25-10-11-26(29)27(18-25)30-14-12-24(13-15-30)35-23-8-6-22(7-9-23)31-19-21(2)28(20-31)34-17-5-16-32-3/h6-11,18,21,24,28H,4-5,12-17,19-20H2,1-3H3/t21?,28-/m0/s1. The van der Waals surface area contributed by atoms with Crippen LogP contribution < -0.4 is 19.3 Å². The van der Waals surface area contributed by atoms with Crippen molar-refractivity contribution >= 4 is 11.4 Å². The Hall–Kier alpha value is -2.51. The van der Waals surface area contributed by atoms with Gasteiger partial charge in [0.05, 0.1) is 18.4 Å². The first-order valence-electron chi connectivity index (χ1n) is 12.9. The molecule has 6 nitrogen and oxygen atoms in total. The van der Waals surface area contributed by atoms with Gasteiger partial charge in [0.15, 0.2) is 0 Å². The molecule has 192 valence electrons. The van der Waals surface area contributed by atoms with Crippen molar-refractivity contribution in [3.05, 3.63) is 48.3 Å². The molecule has 0 bridgehead atoms. The van der Waals surface area contributed by atoms with Gasteiger partial charge >= 0.3 is 0 Å². The third kappa shape index (κ3) is 6.79. The SMILES string of the molecule is CCOc1ccc(F)c(N2CCC(Oc3ccc(N4CC(C)[C@@H](OCCCOC)C4)cc3)CC2)c1. The molecule has 2 saturated heterocycles. The Morgan fingerprint density at radius 1 is 0.943 bits per heavy atom. The van der Waals surface area contributed by atoms with E-state index >= 15 is 0 Å². The van der Waals surface area contributed by atoms with Gasteiger partial charge in [-0.15, -0.1) is 0 Å². The number of piperidine rings is 1. The smallest absolute Gasteiger partial charge is 0.146 e. The molecule has 0 aromatic heterocycles. The monoisotopic (exact) mass is 486 g/mol. The van der Waals surface area contributed by atoms with Gasteiger partial charge in [-0.3, -0.25) is 0 Å². The summed E-state index contributed by atoms with van der Waals surface area (Å²) in [4.78, 5) is 4.47. The van der Waals surface area contributed by atoms with Crippen LogP contribution in [0, 0.1) is 11.7 Å². The Morgan fingerprint density at radius 3 is 2.40 bits per heavy atom. The summed E-state index contributed by atoms with van der Waals surface area (Å²) in [7, 11) is 1.72. The minimum atomic E-state index is -0.206. The van der Waals surface area contributed by atoms with Gasteiger partial charge in [-0.2, -0.15) is 0 Å². The van der Waals surface area contributed by atoms with Crippen LogP contribution in [0.25, 0.3) is 0 Å². The summed E-state index contributed by atoms with van der Waals surface area (Å²) in [6, 6.07) is 13.4. The van der Waals surface area contributed by atoms with E-state index in [2.05, 4.69) is 41.0 Å². The maximum atomic E-state index is 14.4. The molecule has 0 amide bonds. The number of hydrogen-bond donors (Lipinski definition) is 0. The third-order valence-corrected chi connectivity index (χ3v) is 6.88. The summed E-state index contributed by atoms with van der Waals surface area (Å²) in [5.41, 5.74) is 1.81. The lowest BCUT2D eigenvalue weighted by atomic mass is 10.1. The fourth-order valence-corrected chi connectivity index (χ4v) is 4.94. The van der Waals surface area contributed by atoms with Gasteiger partial charge in [0.25, 0.3) is 0 Å². The highest BCUT2D eigenvalue weighted by Crippen LogP contribution is 2.30. The molecule has 2 aromatic carbocycles. The lowest BCUT2D eigenvalue weighted by Gasteiger charge is -2.34. The van der Waals surface area contributed by atoms with Crippen molar-refractivity contribution < 1.29 is 23.3 Å². The second-order valence-electron chi connectivity index (χ2n) is 9.48. The molecule has 7 heteroatoms. The Kier molecular flexibility index (Phi) is 9.10. The van der Waals surface area contributed by atoms with E-state index in [1.807, 2.05) is 6.92 Å². The van der Waals surface area contributed by atoms with E-state index in [-0.39, 0.29) is 18.0 Å². The first-order valence-corrected chi connectivity index (χ1v) is 12.9. The number of anilines is 2. The van der Waals surface area contributed by atoms with Crippen molar-refractivity contribution in [2.24, 2.45) is 5.92 Å². The highest BCUT2D eigenvalue weighted by Gasteiger charge is 2.30. The van der Waals surface area contributed by atoms with Crippen LogP contribution in [0.3, 0.4) is 0 Å². The zero-order valence-electron chi connectivity index (χ0n) is 21.2. The molecular weight excluding hydrogens is 447 g/mol. The fraction of sp³-hybridized carbons (Fsp3) is 0.571. The van der Waals surface area contributed by atoms with Crippen LogP contribution >= 0.6 is 0 Å². The minimum Gasteiger partial charge on any atom is -0.494 e. The lowest BCUT2D eigenvalue weighted by molar-refractivity contribution is 0.0310. The Morgan fingerprint density at radius 2 is 1.69 bits per heavy atom. The van der Waals surface area contributed by atoms with Crippen LogP contribution in [-0.4, -0.2) is 65.3 Å². The van der Waals surface area contributed by atoms with E-state index < -0.39 is 0 Å². The van der Waals surface area contributed by atoms with Crippen LogP contribution in [0.15, 0.2) is 42.5 Å². The maximum absolute atomic E-state index is 14.4. The number of rotatable bonds is 11. The number of benzene rings is 2. The van der Waals surface area contributed by atoms with Crippen LogP contribution in [0.1, 0.15) is 33.1 Å². The molecule has 2 atom stereocenters. The van der Waals surface area contributed by atoms with E-state index in [4.69, 9.17) is 18.9 Å². The van der Waals surface area contributed by atoms with Gasteiger partial charge < -0.3 is 28.7 Å². The normalized spacial score (nSPS) is 20.9. The molecule has 2 heterocycles. The molecule has 2 fully saturated rings. The van der Waals surface area contributed by atoms with E-state index in [1.165, 1.54) is 11.8 Å². The average molecular weight is 487 g/mol. The Balaban J connectivity index is 1.25. The van der Waals surface area contributed by atoms with Crippen LogP contribution in [0.5, 0.6) is 11.5 Å². The highest BCUT2D eigenvalue weighted by molar-refractivity contribution is 5.53. The number of halogens is 1. The molecule has 35 heavy (non-hydrogen) atoms. The Labute approximate surface area is 208 Å². The molecule has 2 aliphatic heterocycles. The maximum Gasteiger partial charge on any atom is 0.146 e. The van der Waals surface area contributed by atoms with Crippen LogP contribution in [-0.2, 0) is 9.47 Å². The predicted molar refractivity (Wildman–Crippen MR) is 137 cm³/mol. The van der Waals surface area contributed by atoms with E-state index in [1.54, 1.807) is 19.2 Å². The summed E-state index contributed by atoms with van der Waals surface area (Å²) in [6.45, 7) is 9.66. The van der Waals surface area contributed by atoms with Crippen molar-refractivity contribution in [2.75, 3.05) is 62.9 Å². The molecule has 0 radical (unpaired) electrons. The number of nitrogens with zero attached hydrogens (tertiary/aromatic N) is 2. The molecule has 0 saturated carbocycles. The molecule has 0 spiro atoms. The van der Waals surface area contributed by atoms with E-state index in [9.17, 15) is 4.39 Å². The first-order chi connectivity index (χ1) is 17.1. The first kappa shape index (κ1) is 25.6. The largest absolute Gasteiger partial charge is 0.494 e. The van der Waals surface area contributed by atoms with E-state index in [0.29, 0.717) is 24.0 Å². The van der Waals surface area contributed by atoms with Crippen LogP contribution in [0.2, 0.25) is 0 Å². The minimum absolute atomic E-state index is 0.131. The second kappa shape index (κ2) is 12.5. The lowest BCUT2D eigenvalue weighted by Crippen LogP contribution is -2.38. The summed E-state index contributed by atoms with van der Waals surface area (Å²) in [5.74, 6) is 1.88. The summed E-state index contributed by atoms with van der Waals surface area (Å²) in [6.07, 6.45) is 3.02. The quantitative estimate of drug-likeness (QED) is 0.409. The second-order valence-corrected chi connectivity index (χ2v) is 9.48. The van der Waals surface area contributed by atoms with Gasteiger partial charge in [0, 0.05) is 77.0 Å². The zero-order valence-corrected chi connectivity index (χ0v) is 21.2. The molecule has 2 aliphatic rings. The van der Waals surface area contributed by atoms with Crippen molar-refractivity contribution in [1.82, 2.24) is 0 Å². The average Bonchev–Trinajstić information content (AvgIpc) is 3.24. The summed E-state index contributed by atoms with van der Waals surface area (Å²) in [5, 5.41) is 0.